The third kappa shape index (κ3) is 3.02. The molecule has 8 heteroatoms. The number of amides is 1. The molecule has 0 aliphatic carbocycles. The lowest BCUT2D eigenvalue weighted by atomic mass is 10.3. The Kier molecular flexibility index (Phi) is 4.00. The van der Waals surface area contributed by atoms with E-state index in [1.165, 1.54) is 11.8 Å². The third-order valence-electron chi connectivity index (χ3n) is 2.44. The van der Waals surface area contributed by atoms with Gasteiger partial charge < -0.3 is 10.5 Å². The quantitative estimate of drug-likeness (QED) is 0.807. The summed E-state index contributed by atoms with van der Waals surface area (Å²) in [5, 5.41) is 11.5. The van der Waals surface area contributed by atoms with Crippen molar-refractivity contribution in [2.75, 3.05) is 7.11 Å². The molecule has 0 spiro atoms. The molecule has 0 radical (unpaired) electrons. The SMILES string of the molecule is COc1ccc(-n2nnnc2S[C@@H](C)C(N)=O)cc1. The van der Waals surface area contributed by atoms with Gasteiger partial charge in [0.2, 0.25) is 11.1 Å². The summed E-state index contributed by atoms with van der Waals surface area (Å²) >= 11 is 1.21. The van der Waals surface area contributed by atoms with E-state index in [0.29, 0.717) is 5.16 Å². The maximum atomic E-state index is 11.1. The monoisotopic (exact) mass is 279 g/mol. The first-order valence-corrected chi connectivity index (χ1v) is 6.38. The molecule has 100 valence electrons. The summed E-state index contributed by atoms with van der Waals surface area (Å²) in [4.78, 5) is 11.1. The number of primary amides is 1. The van der Waals surface area contributed by atoms with Gasteiger partial charge in [0, 0.05) is 0 Å². The second-order valence-electron chi connectivity index (χ2n) is 3.73. The highest BCUT2D eigenvalue weighted by atomic mass is 32.2. The Morgan fingerprint density at radius 2 is 2.11 bits per heavy atom. The molecule has 2 N–H and O–H groups in total. The van der Waals surface area contributed by atoms with Crippen molar-refractivity contribution >= 4 is 17.7 Å². The molecule has 0 aliphatic rings. The van der Waals surface area contributed by atoms with Crippen LogP contribution in [0.5, 0.6) is 5.75 Å². The second-order valence-corrected chi connectivity index (χ2v) is 5.04. The smallest absolute Gasteiger partial charge is 0.230 e. The van der Waals surface area contributed by atoms with Gasteiger partial charge in [-0.05, 0) is 41.6 Å². The Bertz CT molecular complexity index is 569. The molecule has 0 saturated heterocycles. The van der Waals surface area contributed by atoms with Crippen LogP contribution in [-0.2, 0) is 4.79 Å². The van der Waals surface area contributed by atoms with Crippen LogP contribution in [-0.4, -0.2) is 38.5 Å². The van der Waals surface area contributed by atoms with Gasteiger partial charge in [0.05, 0.1) is 18.0 Å². The van der Waals surface area contributed by atoms with Crippen molar-refractivity contribution < 1.29 is 9.53 Å². The van der Waals surface area contributed by atoms with Crippen molar-refractivity contribution in [3.63, 3.8) is 0 Å². The molecule has 0 bridgehead atoms. The largest absolute Gasteiger partial charge is 0.497 e. The number of hydrogen-bond donors (Lipinski definition) is 1. The van der Waals surface area contributed by atoms with Gasteiger partial charge in [0.25, 0.3) is 0 Å². The first-order chi connectivity index (χ1) is 9.11. The van der Waals surface area contributed by atoms with E-state index in [1.54, 1.807) is 18.7 Å². The number of carbonyl (C=O) groups is 1. The molecule has 7 nitrogen and oxygen atoms in total. The van der Waals surface area contributed by atoms with Crippen LogP contribution in [0, 0.1) is 0 Å². The third-order valence-corrected chi connectivity index (χ3v) is 3.49. The van der Waals surface area contributed by atoms with Gasteiger partial charge in [-0.2, -0.15) is 4.68 Å². The molecule has 1 aromatic heterocycles. The number of thioether (sulfide) groups is 1. The number of methoxy groups -OCH3 is 1. The summed E-state index contributed by atoms with van der Waals surface area (Å²) in [5.41, 5.74) is 6.01. The number of nitrogens with zero attached hydrogens (tertiary/aromatic N) is 4. The molecular weight excluding hydrogens is 266 g/mol. The van der Waals surface area contributed by atoms with Crippen molar-refractivity contribution in [3.05, 3.63) is 24.3 Å². The normalized spacial score (nSPS) is 12.1. The number of hydrogen-bond acceptors (Lipinski definition) is 6. The van der Waals surface area contributed by atoms with Gasteiger partial charge in [0.15, 0.2) is 0 Å². The number of aromatic nitrogens is 4. The predicted molar refractivity (Wildman–Crippen MR) is 70.2 cm³/mol. The van der Waals surface area contributed by atoms with E-state index < -0.39 is 11.2 Å². The zero-order chi connectivity index (χ0) is 13.8. The van der Waals surface area contributed by atoms with E-state index in [-0.39, 0.29) is 0 Å². The Balaban J connectivity index is 2.25. The molecule has 1 heterocycles. The Labute approximate surface area is 114 Å². The minimum atomic E-state index is -0.408. The van der Waals surface area contributed by atoms with Crippen LogP contribution in [0.4, 0.5) is 0 Å². The standard InChI is InChI=1S/C11H13N5O2S/c1-7(10(12)17)19-11-13-14-15-16(11)8-3-5-9(18-2)6-4-8/h3-7H,1-2H3,(H2,12,17)/t7-/m0/s1. The topological polar surface area (TPSA) is 95.9 Å². The van der Waals surface area contributed by atoms with Gasteiger partial charge in [-0.3, -0.25) is 4.79 Å². The highest BCUT2D eigenvalue weighted by Crippen LogP contribution is 2.23. The fourth-order valence-corrected chi connectivity index (χ4v) is 2.11. The fourth-order valence-electron chi connectivity index (χ4n) is 1.35. The van der Waals surface area contributed by atoms with Gasteiger partial charge in [-0.25, -0.2) is 0 Å². The molecule has 2 aromatic rings. The molecule has 1 aromatic carbocycles. The second kappa shape index (κ2) is 5.70. The number of benzene rings is 1. The first kappa shape index (κ1) is 13.3. The highest BCUT2D eigenvalue weighted by Gasteiger charge is 2.16. The van der Waals surface area contributed by atoms with E-state index in [1.807, 2.05) is 24.3 Å². The molecule has 0 fully saturated rings. The average Bonchev–Trinajstić information content (AvgIpc) is 2.87. The number of tetrazole rings is 1. The van der Waals surface area contributed by atoms with Crippen LogP contribution >= 0.6 is 11.8 Å². The van der Waals surface area contributed by atoms with Crippen molar-refractivity contribution in [3.8, 4) is 11.4 Å². The van der Waals surface area contributed by atoms with Crippen molar-refractivity contribution in [1.29, 1.82) is 0 Å². The molecule has 0 aliphatic heterocycles. The lowest BCUT2D eigenvalue weighted by Gasteiger charge is -2.07. The molecular formula is C11H13N5O2S. The summed E-state index contributed by atoms with van der Waals surface area (Å²) in [6, 6.07) is 7.27. The number of carbonyl (C=O) groups excluding carboxylic acids is 1. The zero-order valence-corrected chi connectivity index (χ0v) is 11.3. The number of nitrogens with two attached hydrogens (primary N) is 1. The molecule has 19 heavy (non-hydrogen) atoms. The van der Waals surface area contributed by atoms with Crippen LogP contribution in [0.1, 0.15) is 6.92 Å². The van der Waals surface area contributed by atoms with Gasteiger partial charge in [-0.1, -0.05) is 11.8 Å². The van der Waals surface area contributed by atoms with Crippen molar-refractivity contribution in [2.45, 2.75) is 17.3 Å². The van der Waals surface area contributed by atoms with E-state index in [4.69, 9.17) is 10.5 Å². The molecule has 0 unspecified atom stereocenters. The number of rotatable bonds is 5. The van der Waals surface area contributed by atoms with Gasteiger partial charge in [-0.15, -0.1) is 5.10 Å². The summed E-state index contributed by atoms with van der Waals surface area (Å²) in [5.74, 6) is 0.339. The van der Waals surface area contributed by atoms with E-state index >= 15 is 0 Å². The summed E-state index contributed by atoms with van der Waals surface area (Å²) in [6.45, 7) is 1.71. The minimum Gasteiger partial charge on any atom is -0.497 e. The van der Waals surface area contributed by atoms with E-state index in [9.17, 15) is 4.79 Å². The minimum absolute atomic E-state index is 0.400. The van der Waals surface area contributed by atoms with Crippen LogP contribution in [0.3, 0.4) is 0 Å². The van der Waals surface area contributed by atoms with E-state index in [2.05, 4.69) is 15.5 Å². The van der Waals surface area contributed by atoms with Crippen LogP contribution in [0.2, 0.25) is 0 Å². The van der Waals surface area contributed by atoms with Crippen LogP contribution < -0.4 is 10.5 Å². The van der Waals surface area contributed by atoms with Crippen molar-refractivity contribution in [1.82, 2.24) is 20.2 Å². The zero-order valence-electron chi connectivity index (χ0n) is 10.5. The summed E-state index contributed by atoms with van der Waals surface area (Å²) < 4.78 is 6.63. The number of ether oxygens (including phenoxy) is 1. The fraction of sp³-hybridized carbons (Fsp3) is 0.273. The predicted octanol–water partition coefficient (Wildman–Crippen LogP) is 0.637. The summed E-state index contributed by atoms with van der Waals surface area (Å²) in [7, 11) is 1.60. The maximum absolute atomic E-state index is 11.1. The average molecular weight is 279 g/mol. The van der Waals surface area contributed by atoms with Crippen molar-refractivity contribution in [2.24, 2.45) is 5.73 Å². The van der Waals surface area contributed by atoms with E-state index in [0.717, 1.165) is 11.4 Å². The lowest BCUT2D eigenvalue weighted by molar-refractivity contribution is -0.117. The van der Waals surface area contributed by atoms with Gasteiger partial charge >= 0.3 is 0 Å². The molecule has 0 saturated carbocycles. The lowest BCUT2D eigenvalue weighted by Crippen LogP contribution is -2.23. The van der Waals surface area contributed by atoms with Crippen LogP contribution in [0.25, 0.3) is 5.69 Å². The Morgan fingerprint density at radius 3 is 2.68 bits per heavy atom. The Morgan fingerprint density at radius 1 is 1.42 bits per heavy atom. The molecule has 1 amide bonds. The highest BCUT2D eigenvalue weighted by molar-refractivity contribution is 8.00. The maximum Gasteiger partial charge on any atom is 0.230 e. The first-order valence-electron chi connectivity index (χ1n) is 5.50. The molecule has 2 rings (SSSR count). The Hall–Kier alpha value is -2.09. The molecule has 1 atom stereocenters. The van der Waals surface area contributed by atoms with Crippen LogP contribution in [0.15, 0.2) is 29.4 Å². The summed E-state index contributed by atoms with van der Waals surface area (Å²) in [6.07, 6.45) is 0. The van der Waals surface area contributed by atoms with Gasteiger partial charge in [0.1, 0.15) is 5.75 Å².